The Morgan fingerprint density at radius 3 is 2.83 bits per heavy atom. The molecule has 98 valence electrons. The minimum Gasteiger partial charge on any atom is -0.478 e. The summed E-state index contributed by atoms with van der Waals surface area (Å²) in [6, 6.07) is 1.40. The van der Waals surface area contributed by atoms with Gasteiger partial charge in [-0.3, -0.25) is 0 Å². The highest BCUT2D eigenvalue weighted by Gasteiger charge is 2.36. The summed E-state index contributed by atoms with van der Waals surface area (Å²) in [5, 5.41) is 11.9. The van der Waals surface area contributed by atoms with E-state index in [0.717, 1.165) is 19.3 Å². The van der Waals surface area contributed by atoms with Crippen molar-refractivity contribution >= 4 is 17.5 Å². The molecule has 0 spiro atoms. The Kier molecular flexibility index (Phi) is 3.38. The van der Waals surface area contributed by atoms with Gasteiger partial charge in [0.15, 0.2) is 0 Å². The van der Waals surface area contributed by atoms with Gasteiger partial charge < -0.3 is 20.9 Å². The van der Waals surface area contributed by atoms with Crippen LogP contribution in [0, 0.1) is 0 Å². The number of rotatable bonds is 5. The van der Waals surface area contributed by atoms with Crippen molar-refractivity contribution < 1.29 is 14.6 Å². The summed E-state index contributed by atoms with van der Waals surface area (Å²) in [6.07, 6.45) is 4.49. The molecular weight excluding hydrogens is 234 g/mol. The monoisotopic (exact) mass is 251 g/mol. The zero-order chi connectivity index (χ0) is 13.2. The second-order valence-electron chi connectivity index (χ2n) is 4.56. The smallest absolute Gasteiger partial charge is 0.337 e. The fourth-order valence-corrected chi connectivity index (χ4v) is 2.02. The Morgan fingerprint density at radius 1 is 1.67 bits per heavy atom. The number of hydrogen-bond acceptors (Lipinski definition) is 5. The number of nitrogens with zero attached hydrogens (tertiary/aromatic N) is 1. The lowest BCUT2D eigenvalue weighted by Crippen LogP contribution is -2.45. The lowest BCUT2D eigenvalue weighted by atomic mass is 9.80. The van der Waals surface area contributed by atoms with Gasteiger partial charge in [0.1, 0.15) is 5.82 Å². The molecule has 0 amide bonds. The van der Waals surface area contributed by atoms with Crippen LogP contribution in [0.25, 0.3) is 0 Å². The lowest BCUT2D eigenvalue weighted by Gasteiger charge is -2.40. The number of ether oxygens (including phenoxy) is 1. The first kappa shape index (κ1) is 12.6. The van der Waals surface area contributed by atoms with Crippen LogP contribution in [0.3, 0.4) is 0 Å². The number of nitrogen functional groups attached to an aromatic ring is 1. The van der Waals surface area contributed by atoms with E-state index in [-0.39, 0.29) is 11.2 Å². The number of anilines is 2. The SMILES string of the molecule is COC1(CNc2ncc(C(=O)O)cc2N)CCC1. The van der Waals surface area contributed by atoms with Crippen LogP contribution < -0.4 is 11.1 Å². The molecule has 2 rings (SSSR count). The molecule has 18 heavy (non-hydrogen) atoms. The van der Waals surface area contributed by atoms with Crippen LogP contribution >= 0.6 is 0 Å². The third kappa shape index (κ3) is 2.38. The molecule has 0 unspecified atom stereocenters. The van der Waals surface area contributed by atoms with Crippen molar-refractivity contribution in [1.29, 1.82) is 0 Å². The Hall–Kier alpha value is -1.82. The number of nitrogens with one attached hydrogen (secondary N) is 1. The first-order valence-electron chi connectivity index (χ1n) is 5.84. The summed E-state index contributed by atoms with van der Waals surface area (Å²) in [5.74, 6) is -0.531. The fraction of sp³-hybridized carbons (Fsp3) is 0.500. The highest BCUT2D eigenvalue weighted by molar-refractivity contribution is 5.89. The van der Waals surface area contributed by atoms with Gasteiger partial charge in [-0.05, 0) is 25.3 Å². The molecule has 1 aliphatic carbocycles. The Morgan fingerprint density at radius 2 is 2.39 bits per heavy atom. The summed E-state index contributed by atoms with van der Waals surface area (Å²) >= 11 is 0. The highest BCUT2D eigenvalue weighted by Crippen LogP contribution is 2.35. The summed E-state index contributed by atoms with van der Waals surface area (Å²) < 4.78 is 5.47. The van der Waals surface area contributed by atoms with Gasteiger partial charge in [-0.2, -0.15) is 0 Å². The number of hydrogen-bond donors (Lipinski definition) is 3. The molecule has 1 aromatic rings. The van der Waals surface area contributed by atoms with Crippen LogP contribution in [0.2, 0.25) is 0 Å². The molecule has 1 aliphatic rings. The predicted octanol–water partition coefficient (Wildman–Crippen LogP) is 1.34. The van der Waals surface area contributed by atoms with Gasteiger partial charge in [0.25, 0.3) is 0 Å². The van der Waals surface area contributed by atoms with Gasteiger partial charge in [0, 0.05) is 19.9 Å². The topological polar surface area (TPSA) is 97.5 Å². The van der Waals surface area contributed by atoms with Crippen molar-refractivity contribution in [2.45, 2.75) is 24.9 Å². The highest BCUT2D eigenvalue weighted by atomic mass is 16.5. The number of pyridine rings is 1. The van der Waals surface area contributed by atoms with E-state index >= 15 is 0 Å². The molecule has 6 nitrogen and oxygen atoms in total. The molecule has 6 heteroatoms. The second-order valence-corrected chi connectivity index (χ2v) is 4.56. The molecular formula is C12H17N3O3. The van der Waals surface area contributed by atoms with E-state index in [1.54, 1.807) is 7.11 Å². The summed E-state index contributed by atoms with van der Waals surface area (Å²) in [6.45, 7) is 0.632. The molecule has 0 bridgehead atoms. The van der Waals surface area contributed by atoms with Crippen LogP contribution in [0.15, 0.2) is 12.3 Å². The first-order chi connectivity index (χ1) is 8.56. The predicted molar refractivity (Wildman–Crippen MR) is 67.7 cm³/mol. The third-order valence-electron chi connectivity index (χ3n) is 3.44. The van der Waals surface area contributed by atoms with E-state index in [9.17, 15) is 4.79 Å². The van der Waals surface area contributed by atoms with Crippen molar-refractivity contribution in [3.05, 3.63) is 17.8 Å². The zero-order valence-electron chi connectivity index (χ0n) is 10.3. The number of aromatic carboxylic acids is 1. The van der Waals surface area contributed by atoms with E-state index in [0.29, 0.717) is 18.1 Å². The minimum atomic E-state index is -1.03. The van der Waals surface area contributed by atoms with Crippen molar-refractivity contribution in [3.63, 3.8) is 0 Å². The van der Waals surface area contributed by atoms with Crippen molar-refractivity contribution in [3.8, 4) is 0 Å². The zero-order valence-corrected chi connectivity index (χ0v) is 10.3. The van der Waals surface area contributed by atoms with Gasteiger partial charge in [-0.1, -0.05) is 0 Å². The van der Waals surface area contributed by atoms with E-state index in [1.807, 2.05) is 0 Å². The quantitative estimate of drug-likeness (QED) is 0.730. The molecule has 0 saturated heterocycles. The standard InChI is InChI=1S/C12H17N3O3/c1-18-12(3-2-4-12)7-15-10-9(13)5-8(6-14-10)11(16)17/h5-6H,2-4,7,13H2,1H3,(H,14,15)(H,16,17). The Labute approximate surface area is 105 Å². The van der Waals surface area contributed by atoms with Crippen LogP contribution in [-0.2, 0) is 4.74 Å². The molecule has 0 aromatic carbocycles. The van der Waals surface area contributed by atoms with Gasteiger partial charge >= 0.3 is 5.97 Å². The first-order valence-corrected chi connectivity index (χ1v) is 5.84. The maximum Gasteiger partial charge on any atom is 0.337 e. The van der Waals surface area contributed by atoms with Gasteiger partial charge in [0.05, 0.1) is 16.9 Å². The van der Waals surface area contributed by atoms with Gasteiger partial charge in [-0.25, -0.2) is 9.78 Å². The third-order valence-corrected chi connectivity index (χ3v) is 3.44. The molecule has 1 aromatic heterocycles. The Balaban J connectivity index is 2.03. The summed E-state index contributed by atoms with van der Waals surface area (Å²) in [4.78, 5) is 14.8. The lowest BCUT2D eigenvalue weighted by molar-refractivity contribution is -0.0601. The second kappa shape index (κ2) is 4.81. The number of nitrogens with two attached hydrogens (primary N) is 1. The van der Waals surface area contributed by atoms with Crippen LogP contribution in [0.5, 0.6) is 0 Å². The maximum atomic E-state index is 10.7. The number of carboxylic acids is 1. The number of carbonyl (C=O) groups is 1. The molecule has 0 atom stereocenters. The van der Waals surface area contributed by atoms with Crippen molar-refractivity contribution in [2.24, 2.45) is 0 Å². The van der Waals surface area contributed by atoms with Crippen molar-refractivity contribution in [2.75, 3.05) is 24.7 Å². The molecule has 1 fully saturated rings. The summed E-state index contributed by atoms with van der Waals surface area (Å²) in [7, 11) is 1.70. The van der Waals surface area contributed by atoms with E-state index in [2.05, 4.69) is 10.3 Å². The number of carboxylic acid groups (broad SMARTS) is 1. The van der Waals surface area contributed by atoms with E-state index < -0.39 is 5.97 Å². The van der Waals surface area contributed by atoms with Crippen LogP contribution in [0.4, 0.5) is 11.5 Å². The van der Waals surface area contributed by atoms with Gasteiger partial charge in [0.2, 0.25) is 0 Å². The van der Waals surface area contributed by atoms with E-state index in [4.69, 9.17) is 15.6 Å². The summed E-state index contributed by atoms with van der Waals surface area (Å²) in [5.41, 5.74) is 6.05. The van der Waals surface area contributed by atoms with E-state index in [1.165, 1.54) is 12.3 Å². The number of aromatic nitrogens is 1. The van der Waals surface area contributed by atoms with Crippen LogP contribution in [-0.4, -0.2) is 35.3 Å². The average molecular weight is 251 g/mol. The number of methoxy groups -OCH3 is 1. The molecule has 0 aliphatic heterocycles. The minimum absolute atomic E-state index is 0.0862. The maximum absolute atomic E-state index is 10.7. The average Bonchev–Trinajstić information content (AvgIpc) is 2.29. The molecule has 1 saturated carbocycles. The molecule has 0 radical (unpaired) electrons. The van der Waals surface area contributed by atoms with Crippen molar-refractivity contribution in [1.82, 2.24) is 4.98 Å². The van der Waals surface area contributed by atoms with Gasteiger partial charge in [-0.15, -0.1) is 0 Å². The molecule has 1 heterocycles. The fourth-order valence-electron chi connectivity index (χ4n) is 2.02. The molecule has 4 N–H and O–H groups in total. The normalized spacial score (nSPS) is 16.9. The largest absolute Gasteiger partial charge is 0.478 e. The Bertz CT molecular complexity index is 452. The van der Waals surface area contributed by atoms with Crippen LogP contribution in [0.1, 0.15) is 29.6 Å².